The summed E-state index contributed by atoms with van der Waals surface area (Å²) in [6.45, 7) is 0.517. The van der Waals surface area contributed by atoms with Crippen LogP contribution in [0, 0.1) is 0 Å². The quantitative estimate of drug-likeness (QED) is 0.764. The molecule has 1 amide bonds. The molecule has 0 saturated heterocycles. The number of carbonyl (C=O) groups excluding carboxylic acids is 1. The minimum atomic E-state index is -0.223. The second-order valence-electron chi connectivity index (χ2n) is 3.13. The normalized spacial score (nSPS) is 10.0. The molecule has 0 spiro atoms. The first-order valence-corrected chi connectivity index (χ1v) is 4.89. The Labute approximate surface area is 92.2 Å². The van der Waals surface area contributed by atoms with Crippen LogP contribution < -0.4 is 5.32 Å². The fraction of sp³-hybridized carbons (Fsp3) is 0.200. The number of H-pyrrole nitrogens is 1. The van der Waals surface area contributed by atoms with E-state index < -0.39 is 0 Å². The van der Waals surface area contributed by atoms with E-state index in [0.717, 1.165) is 5.82 Å². The first-order chi connectivity index (χ1) is 7.86. The molecule has 6 heteroatoms. The van der Waals surface area contributed by atoms with E-state index in [9.17, 15) is 4.79 Å². The monoisotopic (exact) mass is 217 g/mol. The summed E-state index contributed by atoms with van der Waals surface area (Å²) in [5, 5.41) is 2.74. The average molecular weight is 217 g/mol. The van der Waals surface area contributed by atoms with Gasteiger partial charge in [0.05, 0.1) is 6.20 Å². The summed E-state index contributed by atoms with van der Waals surface area (Å²) in [5.41, 5.74) is 0.321. The van der Waals surface area contributed by atoms with Crippen LogP contribution >= 0.6 is 0 Å². The smallest absolute Gasteiger partial charge is 0.271 e. The minimum absolute atomic E-state index is 0.223. The summed E-state index contributed by atoms with van der Waals surface area (Å²) in [4.78, 5) is 26.3. The van der Waals surface area contributed by atoms with Crippen LogP contribution in [0.3, 0.4) is 0 Å². The molecule has 0 atom stereocenters. The zero-order valence-electron chi connectivity index (χ0n) is 8.55. The zero-order chi connectivity index (χ0) is 11.2. The lowest BCUT2D eigenvalue weighted by Gasteiger charge is -2.02. The molecule has 0 unspecified atom stereocenters. The van der Waals surface area contributed by atoms with Crippen LogP contribution in [-0.4, -0.2) is 32.4 Å². The lowest BCUT2D eigenvalue weighted by Crippen LogP contribution is -2.26. The lowest BCUT2D eigenvalue weighted by atomic mass is 10.3. The highest BCUT2D eigenvalue weighted by molar-refractivity contribution is 5.91. The van der Waals surface area contributed by atoms with Crippen LogP contribution in [0.15, 0.2) is 31.0 Å². The van der Waals surface area contributed by atoms with Crippen LogP contribution in [0.4, 0.5) is 0 Å². The van der Waals surface area contributed by atoms with Gasteiger partial charge in [0.1, 0.15) is 11.5 Å². The third-order valence-corrected chi connectivity index (χ3v) is 2.00. The SMILES string of the molecule is O=C(NCCc1ncc[nH]1)c1cnccn1. The molecule has 0 aliphatic heterocycles. The molecule has 0 aromatic carbocycles. The molecule has 82 valence electrons. The summed E-state index contributed by atoms with van der Waals surface area (Å²) in [6.07, 6.45) is 8.54. The number of nitrogens with one attached hydrogen (secondary N) is 2. The van der Waals surface area contributed by atoms with E-state index in [0.29, 0.717) is 18.7 Å². The third kappa shape index (κ3) is 2.63. The maximum absolute atomic E-state index is 11.5. The molecule has 0 saturated carbocycles. The molecule has 2 aromatic heterocycles. The number of carbonyl (C=O) groups is 1. The second-order valence-corrected chi connectivity index (χ2v) is 3.13. The van der Waals surface area contributed by atoms with Crippen molar-refractivity contribution in [2.45, 2.75) is 6.42 Å². The van der Waals surface area contributed by atoms with Gasteiger partial charge >= 0.3 is 0 Å². The summed E-state index contributed by atoms with van der Waals surface area (Å²) < 4.78 is 0. The van der Waals surface area contributed by atoms with E-state index in [1.54, 1.807) is 12.4 Å². The standard InChI is InChI=1S/C10H11N5O/c16-10(8-7-11-3-4-12-8)15-2-1-9-13-5-6-14-9/h3-7H,1-2H2,(H,13,14)(H,15,16). The summed E-state index contributed by atoms with van der Waals surface area (Å²) in [5.74, 6) is 0.624. The summed E-state index contributed by atoms with van der Waals surface area (Å²) in [6, 6.07) is 0. The number of rotatable bonds is 4. The van der Waals surface area contributed by atoms with Gasteiger partial charge in [0.25, 0.3) is 5.91 Å². The van der Waals surface area contributed by atoms with Gasteiger partial charge in [-0.05, 0) is 0 Å². The van der Waals surface area contributed by atoms with E-state index >= 15 is 0 Å². The van der Waals surface area contributed by atoms with E-state index in [2.05, 4.69) is 25.3 Å². The van der Waals surface area contributed by atoms with Crippen LogP contribution in [0.5, 0.6) is 0 Å². The molecule has 16 heavy (non-hydrogen) atoms. The Bertz CT molecular complexity index is 439. The van der Waals surface area contributed by atoms with Crippen molar-refractivity contribution in [3.63, 3.8) is 0 Å². The molecule has 2 aromatic rings. The average Bonchev–Trinajstić information content (AvgIpc) is 2.83. The summed E-state index contributed by atoms with van der Waals surface area (Å²) in [7, 11) is 0. The molecule has 0 radical (unpaired) electrons. The molecule has 0 aliphatic rings. The van der Waals surface area contributed by atoms with Crippen LogP contribution in [-0.2, 0) is 6.42 Å². The Morgan fingerprint density at radius 1 is 1.31 bits per heavy atom. The molecule has 0 aliphatic carbocycles. The predicted molar refractivity (Wildman–Crippen MR) is 56.7 cm³/mol. The fourth-order valence-corrected chi connectivity index (χ4v) is 1.24. The first-order valence-electron chi connectivity index (χ1n) is 4.89. The van der Waals surface area contributed by atoms with E-state index in [4.69, 9.17) is 0 Å². The van der Waals surface area contributed by atoms with Crippen molar-refractivity contribution in [2.75, 3.05) is 6.54 Å². The van der Waals surface area contributed by atoms with Crippen LogP contribution in [0.2, 0.25) is 0 Å². The van der Waals surface area contributed by atoms with Gasteiger partial charge in [0.15, 0.2) is 0 Å². The second kappa shape index (κ2) is 5.01. The summed E-state index contributed by atoms with van der Waals surface area (Å²) >= 11 is 0. The van der Waals surface area contributed by atoms with Gasteiger partial charge in [-0.25, -0.2) is 9.97 Å². The van der Waals surface area contributed by atoms with E-state index in [1.807, 2.05) is 0 Å². The largest absolute Gasteiger partial charge is 0.350 e. The fourth-order valence-electron chi connectivity index (χ4n) is 1.24. The number of amides is 1. The van der Waals surface area contributed by atoms with Crippen molar-refractivity contribution < 1.29 is 4.79 Å². The first kappa shape index (κ1) is 10.3. The van der Waals surface area contributed by atoms with E-state index in [1.165, 1.54) is 18.6 Å². The Hall–Kier alpha value is -2.24. The number of imidazole rings is 1. The highest BCUT2D eigenvalue weighted by Crippen LogP contribution is 1.91. The van der Waals surface area contributed by atoms with Gasteiger partial charge in [0, 0.05) is 37.8 Å². The topological polar surface area (TPSA) is 83.6 Å². The maximum atomic E-state index is 11.5. The molecular formula is C10H11N5O. The molecule has 2 heterocycles. The number of aromatic amines is 1. The van der Waals surface area contributed by atoms with Crippen LogP contribution in [0.1, 0.15) is 16.3 Å². The Balaban J connectivity index is 1.81. The number of nitrogens with zero attached hydrogens (tertiary/aromatic N) is 3. The van der Waals surface area contributed by atoms with Gasteiger partial charge in [0.2, 0.25) is 0 Å². The number of hydrogen-bond donors (Lipinski definition) is 2. The highest BCUT2D eigenvalue weighted by Gasteiger charge is 2.05. The van der Waals surface area contributed by atoms with Crippen molar-refractivity contribution >= 4 is 5.91 Å². The van der Waals surface area contributed by atoms with Crippen molar-refractivity contribution in [3.05, 3.63) is 42.5 Å². The molecular weight excluding hydrogens is 206 g/mol. The van der Waals surface area contributed by atoms with Gasteiger partial charge in [-0.3, -0.25) is 9.78 Å². The molecule has 2 N–H and O–H groups in total. The maximum Gasteiger partial charge on any atom is 0.271 e. The minimum Gasteiger partial charge on any atom is -0.350 e. The van der Waals surface area contributed by atoms with Crippen molar-refractivity contribution in [3.8, 4) is 0 Å². The van der Waals surface area contributed by atoms with Crippen LogP contribution in [0.25, 0.3) is 0 Å². The Kier molecular flexibility index (Phi) is 3.22. The van der Waals surface area contributed by atoms with E-state index in [-0.39, 0.29) is 5.91 Å². The molecule has 0 bridgehead atoms. The predicted octanol–water partition coefficient (Wildman–Crippen LogP) is 0.172. The molecule has 2 rings (SSSR count). The molecule has 0 fully saturated rings. The van der Waals surface area contributed by atoms with Gasteiger partial charge in [-0.2, -0.15) is 0 Å². The third-order valence-electron chi connectivity index (χ3n) is 2.00. The van der Waals surface area contributed by atoms with Crippen molar-refractivity contribution in [1.82, 2.24) is 25.3 Å². The van der Waals surface area contributed by atoms with Gasteiger partial charge < -0.3 is 10.3 Å². The Morgan fingerprint density at radius 2 is 2.25 bits per heavy atom. The number of hydrogen-bond acceptors (Lipinski definition) is 4. The van der Waals surface area contributed by atoms with Gasteiger partial charge in [-0.1, -0.05) is 0 Å². The number of aromatic nitrogens is 4. The zero-order valence-corrected chi connectivity index (χ0v) is 8.55. The highest BCUT2D eigenvalue weighted by atomic mass is 16.1. The Morgan fingerprint density at radius 3 is 2.94 bits per heavy atom. The van der Waals surface area contributed by atoms with Crippen molar-refractivity contribution in [2.24, 2.45) is 0 Å². The lowest BCUT2D eigenvalue weighted by molar-refractivity contribution is 0.0948. The van der Waals surface area contributed by atoms with Crippen molar-refractivity contribution in [1.29, 1.82) is 0 Å². The molecule has 6 nitrogen and oxygen atoms in total. The van der Waals surface area contributed by atoms with Gasteiger partial charge in [-0.15, -0.1) is 0 Å².